The van der Waals surface area contributed by atoms with Gasteiger partial charge in [0.1, 0.15) is 17.2 Å². The molecule has 0 spiro atoms. The van der Waals surface area contributed by atoms with E-state index in [-0.39, 0.29) is 24.0 Å². The van der Waals surface area contributed by atoms with Crippen LogP contribution < -0.4 is 15.5 Å². The number of hydrogen-bond acceptors (Lipinski definition) is 4. The van der Waals surface area contributed by atoms with Gasteiger partial charge in [-0.25, -0.2) is 4.98 Å². The fourth-order valence-corrected chi connectivity index (χ4v) is 3.85. The standard InChI is InChI=1S/C24H31N5O.HI/c1-3-25-24(26-13-10-21-16-19-6-4-5-7-22(19)30-21)28-20-11-14-29(15-12-20)23-9-8-18(2)17-27-23;/h4-9,16-17,20H,3,10-15H2,1-2H3,(H2,25,26,28);1H. The van der Waals surface area contributed by atoms with E-state index in [9.17, 15) is 0 Å². The fraction of sp³-hybridized carbons (Fsp3) is 0.417. The van der Waals surface area contributed by atoms with Gasteiger partial charge in [0.15, 0.2) is 5.96 Å². The molecule has 166 valence electrons. The van der Waals surface area contributed by atoms with Crippen LogP contribution in [0.1, 0.15) is 31.1 Å². The zero-order chi connectivity index (χ0) is 20.8. The third kappa shape index (κ3) is 6.35. The van der Waals surface area contributed by atoms with E-state index in [1.807, 2.05) is 24.4 Å². The number of piperidine rings is 1. The van der Waals surface area contributed by atoms with Gasteiger partial charge in [0.2, 0.25) is 0 Å². The van der Waals surface area contributed by atoms with Crippen LogP contribution in [-0.2, 0) is 6.42 Å². The van der Waals surface area contributed by atoms with Crippen molar-refractivity contribution in [1.29, 1.82) is 0 Å². The van der Waals surface area contributed by atoms with Crippen molar-refractivity contribution in [1.82, 2.24) is 15.6 Å². The summed E-state index contributed by atoms with van der Waals surface area (Å²) in [6.45, 7) is 7.73. The number of aryl methyl sites for hydroxylation is 1. The van der Waals surface area contributed by atoms with E-state index in [1.165, 1.54) is 5.56 Å². The van der Waals surface area contributed by atoms with Gasteiger partial charge in [-0.1, -0.05) is 24.3 Å². The number of anilines is 1. The van der Waals surface area contributed by atoms with E-state index in [0.29, 0.717) is 12.6 Å². The molecule has 1 aliphatic heterocycles. The average Bonchev–Trinajstić information content (AvgIpc) is 3.18. The molecule has 3 heterocycles. The van der Waals surface area contributed by atoms with Crippen molar-refractivity contribution in [2.24, 2.45) is 4.99 Å². The number of halogens is 1. The molecular weight excluding hydrogens is 501 g/mol. The lowest BCUT2D eigenvalue weighted by molar-refractivity contribution is 0.459. The lowest BCUT2D eigenvalue weighted by Crippen LogP contribution is -2.49. The van der Waals surface area contributed by atoms with E-state index >= 15 is 0 Å². The summed E-state index contributed by atoms with van der Waals surface area (Å²) in [4.78, 5) is 11.7. The lowest BCUT2D eigenvalue weighted by atomic mass is 10.1. The Morgan fingerprint density at radius 3 is 2.71 bits per heavy atom. The average molecular weight is 533 g/mol. The van der Waals surface area contributed by atoms with Gasteiger partial charge in [0.05, 0.1) is 0 Å². The molecule has 0 aliphatic carbocycles. The molecule has 2 N–H and O–H groups in total. The number of fused-ring (bicyclic) bond motifs is 1. The third-order valence-corrected chi connectivity index (χ3v) is 5.50. The van der Waals surface area contributed by atoms with Crippen LogP contribution in [0, 0.1) is 6.92 Å². The quantitative estimate of drug-likeness (QED) is 0.277. The van der Waals surface area contributed by atoms with E-state index in [0.717, 1.165) is 67.4 Å². The van der Waals surface area contributed by atoms with Gasteiger partial charge < -0.3 is 20.0 Å². The Kier molecular flexibility index (Phi) is 8.57. The molecule has 0 amide bonds. The van der Waals surface area contributed by atoms with Crippen molar-refractivity contribution in [3.05, 3.63) is 60.0 Å². The number of para-hydroxylation sites is 1. The molecule has 1 aromatic carbocycles. The van der Waals surface area contributed by atoms with Gasteiger partial charge in [-0.05, 0) is 50.5 Å². The molecule has 1 aliphatic rings. The minimum atomic E-state index is 0. The van der Waals surface area contributed by atoms with E-state index < -0.39 is 0 Å². The molecule has 4 rings (SSSR count). The number of aromatic nitrogens is 1. The molecule has 6 nitrogen and oxygen atoms in total. The van der Waals surface area contributed by atoms with Gasteiger partial charge in [0.25, 0.3) is 0 Å². The van der Waals surface area contributed by atoms with E-state index in [1.54, 1.807) is 0 Å². The maximum atomic E-state index is 5.90. The van der Waals surface area contributed by atoms with Crippen LogP contribution in [0.25, 0.3) is 11.0 Å². The Labute approximate surface area is 201 Å². The summed E-state index contributed by atoms with van der Waals surface area (Å²) in [5.41, 5.74) is 2.14. The SMILES string of the molecule is CCNC(=NCCc1cc2ccccc2o1)NC1CCN(c2ccc(C)cn2)CC1.I. The largest absolute Gasteiger partial charge is 0.461 e. The maximum Gasteiger partial charge on any atom is 0.191 e. The summed E-state index contributed by atoms with van der Waals surface area (Å²) in [5.74, 6) is 2.95. The van der Waals surface area contributed by atoms with Crippen LogP contribution in [0.2, 0.25) is 0 Å². The molecule has 0 bridgehead atoms. The molecule has 0 saturated carbocycles. The highest BCUT2D eigenvalue weighted by atomic mass is 127. The number of rotatable bonds is 6. The maximum absolute atomic E-state index is 5.90. The Bertz CT molecular complexity index is 944. The first-order valence-corrected chi connectivity index (χ1v) is 10.9. The number of nitrogens with zero attached hydrogens (tertiary/aromatic N) is 3. The van der Waals surface area contributed by atoms with Crippen molar-refractivity contribution < 1.29 is 4.42 Å². The first-order chi connectivity index (χ1) is 14.7. The van der Waals surface area contributed by atoms with Crippen LogP contribution in [0.3, 0.4) is 0 Å². The molecule has 31 heavy (non-hydrogen) atoms. The Morgan fingerprint density at radius 1 is 1.19 bits per heavy atom. The van der Waals surface area contributed by atoms with Crippen LogP contribution in [0.5, 0.6) is 0 Å². The van der Waals surface area contributed by atoms with Crippen LogP contribution in [0.15, 0.2) is 58.1 Å². The van der Waals surface area contributed by atoms with Gasteiger partial charge in [-0.15, -0.1) is 24.0 Å². The highest BCUT2D eigenvalue weighted by molar-refractivity contribution is 14.0. The highest BCUT2D eigenvalue weighted by Gasteiger charge is 2.20. The molecule has 3 aromatic rings. The Balaban J connectivity index is 0.00000272. The minimum Gasteiger partial charge on any atom is -0.461 e. The summed E-state index contributed by atoms with van der Waals surface area (Å²) in [6.07, 6.45) is 4.88. The number of benzene rings is 1. The number of furan rings is 1. The van der Waals surface area contributed by atoms with Gasteiger partial charge >= 0.3 is 0 Å². The predicted molar refractivity (Wildman–Crippen MR) is 139 cm³/mol. The number of aliphatic imine (C=N–C) groups is 1. The number of hydrogen-bond donors (Lipinski definition) is 2. The molecule has 1 saturated heterocycles. The zero-order valence-corrected chi connectivity index (χ0v) is 20.6. The summed E-state index contributed by atoms with van der Waals surface area (Å²) in [7, 11) is 0. The van der Waals surface area contributed by atoms with Gasteiger partial charge in [-0.3, -0.25) is 4.99 Å². The van der Waals surface area contributed by atoms with E-state index in [2.05, 4.69) is 58.6 Å². The van der Waals surface area contributed by atoms with Crippen LogP contribution in [0.4, 0.5) is 5.82 Å². The topological polar surface area (TPSA) is 65.7 Å². The smallest absolute Gasteiger partial charge is 0.191 e. The Hall–Kier alpha value is -2.29. The van der Waals surface area contributed by atoms with E-state index in [4.69, 9.17) is 9.41 Å². The zero-order valence-electron chi connectivity index (χ0n) is 18.3. The summed E-state index contributed by atoms with van der Waals surface area (Å²) in [5, 5.41) is 8.14. The molecule has 0 unspecified atom stereocenters. The fourth-order valence-electron chi connectivity index (χ4n) is 3.85. The number of guanidine groups is 1. The summed E-state index contributed by atoms with van der Waals surface area (Å²) in [6, 6.07) is 14.9. The normalized spacial score (nSPS) is 15.0. The van der Waals surface area contributed by atoms with Crippen molar-refractivity contribution in [3.63, 3.8) is 0 Å². The van der Waals surface area contributed by atoms with Crippen LogP contribution in [-0.4, -0.2) is 43.2 Å². The van der Waals surface area contributed by atoms with Crippen molar-refractivity contribution in [3.8, 4) is 0 Å². The number of pyridine rings is 1. The second-order valence-electron chi connectivity index (χ2n) is 7.86. The monoisotopic (exact) mass is 533 g/mol. The number of nitrogens with one attached hydrogen (secondary N) is 2. The Morgan fingerprint density at radius 2 is 2.00 bits per heavy atom. The lowest BCUT2D eigenvalue weighted by Gasteiger charge is -2.33. The molecule has 7 heteroatoms. The van der Waals surface area contributed by atoms with Crippen molar-refractivity contribution in [2.75, 3.05) is 31.1 Å². The summed E-state index contributed by atoms with van der Waals surface area (Å²) < 4.78 is 5.90. The highest BCUT2D eigenvalue weighted by Crippen LogP contribution is 2.19. The second kappa shape index (κ2) is 11.4. The minimum absolute atomic E-state index is 0. The predicted octanol–water partition coefficient (Wildman–Crippen LogP) is 4.52. The first kappa shape index (κ1) is 23.4. The second-order valence-corrected chi connectivity index (χ2v) is 7.86. The first-order valence-electron chi connectivity index (χ1n) is 10.9. The van der Waals surface area contributed by atoms with Gasteiger partial charge in [-0.2, -0.15) is 0 Å². The van der Waals surface area contributed by atoms with Crippen LogP contribution >= 0.6 is 24.0 Å². The summed E-state index contributed by atoms with van der Waals surface area (Å²) >= 11 is 0. The van der Waals surface area contributed by atoms with Gasteiger partial charge in [0, 0.05) is 50.2 Å². The van der Waals surface area contributed by atoms with Crippen molar-refractivity contribution >= 4 is 46.7 Å². The molecular formula is C24H32IN5O. The molecule has 0 radical (unpaired) electrons. The molecule has 2 aromatic heterocycles. The third-order valence-electron chi connectivity index (χ3n) is 5.50. The van der Waals surface area contributed by atoms with Crippen molar-refractivity contribution in [2.45, 2.75) is 39.2 Å². The molecule has 1 fully saturated rings. The molecule has 0 atom stereocenters.